The predicted molar refractivity (Wildman–Crippen MR) is 77.2 cm³/mol. The predicted octanol–water partition coefficient (Wildman–Crippen LogP) is 0.980. The van der Waals surface area contributed by atoms with Crippen molar-refractivity contribution in [1.82, 2.24) is 10.6 Å². The highest BCUT2D eigenvalue weighted by Gasteiger charge is 2.42. The van der Waals surface area contributed by atoms with Crippen LogP contribution in [0.15, 0.2) is 24.3 Å². The number of carbonyl (C=O) groups excluding carboxylic acids is 1. The lowest BCUT2D eigenvalue weighted by Crippen LogP contribution is -2.48. The average Bonchev–Trinajstić information content (AvgIpc) is 3.25. The number of amides is 1. The Morgan fingerprint density at radius 1 is 1.35 bits per heavy atom. The molecular weight excluding hydrogens is 252 g/mol. The van der Waals surface area contributed by atoms with E-state index in [0.29, 0.717) is 6.54 Å². The molecule has 3 N–H and O–H groups in total. The average molecular weight is 274 g/mol. The topological polar surface area (TPSA) is 61.4 Å². The lowest BCUT2D eigenvalue weighted by atomic mass is 9.95. The summed E-state index contributed by atoms with van der Waals surface area (Å²) in [5.41, 5.74) is 2.73. The molecule has 0 radical (unpaired) electrons. The van der Waals surface area contributed by atoms with Crippen LogP contribution < -0.4 is 10.6 Å². The number of aliphatic hydroxyl groups is 1. The number of hydrogen-bond acceptors (Lipinski definition) is 3. The molecule has 108 valence electrons. The largest absolute Gasteiger partial charge is 0.396 e. The Labute approximate surface area is 119 Å². The minimum Gasteiger partial charge on any atom is -0.396 e. The highest BCUT2D eigenvalue weighted by atomic mass is 16.3. The first-order valence-electron chi connectivity index (χ1n) is 7.41. The van der Waals surface area contributed by atoms with E-state index in [1.54, 1.807) is 0 Å². The Morgan fingerprint density at radius 3 is 2.80 bits per heavy atom. The van der Waals surface area contributed by atoms with Crippen molar-refractivity contribution >= 4 is 5.91 Å². The van der Waals surface area contributed by atoms with E-state index in [1.807, 2.05) is 12.1 Å². The molecule has 2 aliphatic rings. The molecule has 3 rings (SSSR count). The van der Waals surface area contributed by atoms with Crippen molar-refractivity contribution < 1.29 is 9.90 Å². The smallest absolute Gasteiger partial charge is 0.237 e. The number of nitrogens with one attached hydrogen (secondary N) is 2. The van der Waals surface area contributed by atoms with Crippen molar-refractivity contribution in [3.05, 3.63) is 35.4 Å². The molecular formula is C16H22N2O2. The summed E-state index contributed by atoms with van der Waals surface area (Å²) in [5.74, 6) is 0.0868. The Bertz CT molecular complexity index is 497. The molecule has 0 saturated heterocycles. The van der Waals surface area contributed by atoms with Crippen molar-refractivity contribution in [3.8, 4) is 0 Å². The fourth-order valence-corrected chi connectivity index (χ4v) is 2.97. The van der Waals surface area contributed by atoms with Gasteiger partial charge in [-0.05, 0) is 42.2 Å². The van der Waals surface area contributed by atoms with Gasteiger partial charge in [0.2, 0.25) is 5.91 Å². The van der Waals surface area contributed by atoms with E-state index in [0.717, 1.165) is 32.2 Å². The summed E-state index contributed by atoms with van der Waals surface area (Å²) < 4.78 is 0. The van der Waals surface area contributed by atoms with Gasteiger partial charge >= 0.3 is 0 Å². The van der Waals surface area contributed by atoms with Gasteiger partial charge in [0.05, 0.1) is 6.04 Å². The highest BCUT2D eigenvalue weighted by molar-refractivity contribution is 5.82. The van der Waals surface area contributed by atoms with Crippen LogP contribution in [-0.2, 0) is 17.8 Å². The van der Waals surface area contributed by atoms with Gasteiger partial charge in [0.15, 0.2) is 0 Å². The zero-order chi connectivity index (χ0) is 14.0. The summed E-state index contributed by atoms with van der Waals surface area (Å²) in [4.78, 5) is 12.3. The van der Waals surface area contributed by atoms with Gasteiger partial charge in [-0.3, -0.25) is 4.79 Å². The van der Waals surface area contributed by atoms with Crippen LogP contribution in [-0.4, -0.2) is 30.2 Å². The minimum absolute atomic E-state index is 0.0868. The molecule has 1 aliphatic carbocycles. The maximum absolute atomic E-state index is 12.3. The molecule has 1 heterocycles. The maximum Gasteiger partial charge on any atom is 0.237 e. The number of rotatable bonds is 5. The Morgan fingerprint density at radius 2 is 2.10 bits per heavy atom. The van der Waals surface area contributed by atoms with Crippen LogP contribution in [0.5, 0.6) is 0 Å². The second-order valence-corrected chi connectivity index (χ2v) is 6.10. The van der Waals surface area contributed by atoms with Crippen LogP contribution in [0.1, 0.15) is 30.4 Å². The molecule has 0 spiro atoms. The standard InChI is InChI=1S/C16H22N2O2/c19-8-7-16(5-6-16)11-18-15(20)14-9-12-3-1-2-4-13(12)10-17-14/h1-4,14,17,19H,5-11H2,(H,18,20)/t14-/m0/s1. The molecule has 1 amide bonds. The number of fused-ring (bicyclic) bond motifs is 1. The third-order valence-corrected chi connectivity index (χ3v) is 4.63. The van der Waals surface area contributed by atoms with Gasteiger partial charge in [-0.15, -0.1) is 0 Å². The third kappa shape index (κ3) is 2.86. The van der Waals surface area contributed by atoms with Crippen LogP contribution in [0.25, 0.3) is 0 Å². The molecule has 20 heavy (non-hydrogen) atoms. The van der Waals surface area contributed by atoms with E-state index in [-0.39, 0.29) is 24.0 Å². The Kier molecular flexibility index (Phi) is 3.76. The van der Waals surface area contributed by atoms with Gasteiger partial charge in [0, 0.05) is 19.7 Å². The van der Waals surface area contributed by atoms with Crippen LogP contribution in [0, 0.1) is 5.41 Å². The Hall–Kier alpha value is -1.39. The van der Waals surface area contributed by atoms with Crippen molar-refractivity contribution in [2.75, 3.05) is 13.2 Å². The molecule has 4 nitrogen and oxygen atoms in total. The van der Waals surface area contributed by atoms with Crippen LogP contribution in [0.3, 0.4) is 0 Å². The third-order valence-electron chi connectivity index (χ3n) is 4.63. The zero-order valence-electron chi connectivity index (χ0n) is 11.7. The molecule has 1 aliphatic heterocycles. The van der Waals surface area contributed by atoms with E-state index in [9.17, 15) is 4.79 Å². The van der Waals surface area contributed by atoms with Crippen molar-refractivity contribution in [2.24, 2.45) is 5.41 Å². The van der Waals surface area contributed by atoms with Gasteiger partial charge in [0.25, 0.3) is 0 Å². The molecule has 1 aromatic carbocycles. The SMILES string of the molecule is O=C(NCC1(CCO)CC1)[C@@H]1Cc2ccccc2CN1. The van der Waals surface area contributed by atoms with Crippen molar-refractivity contribution in [1.29, 1.82) is 0 Å². The summed E-state index contributed by atoms with van der Waals surface area (Å²) in [5, 5.41) is 15.4. The van der Waals surface area contributed by atoms with Crippen LogP contribution in [0.2, 0.25) is 0 Å². The van der Waals surface area contributed by atoms with Crippen molar-refractivity contribution in [2.45, 2.75) is 38.3 Å². The summed E-state index contributed by atoms with van der Waals surface area (Å²) in [6.45, 7) is 1.67. The van der Waals surface area contributed by atoms with Gasteiger partial charge in [-0.25, -0.2) is 0 Å². The number of hydrogen-bond donors (Lipinski definition) is 3. The molecule has 1 atom stereocenters. The number of benzene rings is 1. The van der Waals surface area contributed by atoms with Crippen LogP contribution in [0.4, 0.5) is 0 Å². The second kappa shape index (κ2) is 5.54. The van der Waals surface area contributed by atoms with Gasteiger partial charge in [-0.2, -0.15) is 0 Å². The highest BCUT2D eigenvalue weighted by Crippen LogP contribution is 2.47. The van der Waals surface area contributed by atoms with Gasteiger partial charge < -0.3 is 15.7 Å². The van der Waals surface area contributed by atoms with Crippen molar-refractivity contribution in [3.63, 3.8) is 0 Å². The maximum atomic E-state index is 12.3. The van der Waals surface area contributed by atoms with E-state index >= 15 is 0 Å². The van der Waals surface area contributed by atoms with E-state index in [2.05, 4.69) is 22.8 Å². The molecule has 1 saturated carbocycles. The first kappa shape index (κ1) is 13.6. The molecule has 4 heteroatoms. The van der Waals surface area contributed by atoms with Gasteiger partial charge in [-0.1, -0.05) is 24.3 Å². The molecule has 0 aromatic heterocycles. The molecule has 0 bridgehead atoms. The zero-order valence-corrected chi connectivity index (χ0v) is 11.7. The quantitative estimate of drug-likeness (QED) is 0.750. The molecule has 1 aromatic rings. The first-order chi connectivity index (χ1) is 9.72. The molecule has 1 fully saturated rings. The van der Waals surface area contributed by atoms with Crippen LogP contribution >= 0.6 is 0 Å². The normalized spacial score (nSPS) is 22.9. The lowest BCUT2D eigenvalue weighted by Gasteiger charge is -2.26. The minimum atomic E-state index is -0.130. The fraction of sp³-hybridized carbons (Fsp3) is 0.562. The monoisotopic (exact) mass is 274 g/mol. The first-order valence-corrected chi connectivity index (χ1v) is 7.41. The van der Waals surface area contributed by atoms with E-state index < -0.39 is 0 Å². The Balaban J connectivity index is 1.54. The van der Waals surface area contributed by atoms with E-state index in [4.69, 9.17) is 5.11 Å². The summed E-state index contributed by atoms with van der Waals surface area (Å²) >= 11 is 0. The summed E-state index contributed by atoms with van der Waals surface area (Å²) in [7, 11) is 0. The lowest BCUT2D eigenvalue weighted by molar-refractivity contribution is -0.123. The summed E-state index contributed by atoms with van der Waals surface area (Å²) in [6.07, 6.45) is 3.80. The number of carbonyl (C=O) groups is 1. The van der Waals surface area contributed by atoms with Gasteiger partial charge in [0.1, 0.15) is 0 Å². The summed E-state index contributed by atoms with van der Waals surface area (Å²) in [6, 6.07) is 8.14. The fourth-order valence-electron chi connectivity index (χ4n) is 2.97. The molecule has 0 unspecified atom stereocenters. The van der Waals surface area contributed by atoms with E-state index in [1.165, 1.54) is 11.1 Å². The number of aliphatic hydroxyl groups excluding tert-OH is 1. The second-order valence-electron chi connectivity index (χ2n) is 6.10.